The van der Waals surface area contributed by atoms with E-state index in [1.807, 2.05) is 4.72 Å². The van der Waals surface area contributed by atoms with E-state index in [1.54, 1.807) is 6.92 Å². The molecule has 0 aliphatic heterocycles. The third-order valence-electron chi connectivity index (χ3n) is 3.91. The third kappa shape index (κ3) is 10.9. The average molecular weight is 564 g/mol. The number of amides is 2. The molecular formula is C18H19N3Na2O9S3. The van der Waals surface area contributed by atoms with Crippen molar-refractivity contribution in [3.05, 3.63) is 47.5 Å². The van der Waals surface area contributed by atoms with E-state index in [1.165, 1.54) is 18.2 Å². The van der Waals surface area contributed by atoms with Gasteiger partial charge in [0.05, 0.1) is 16.0 Å². The maximum Gasteiger partial charge on any atom is 1.00 e. The Morgan fingerprint density at radius 1 is 0.829 bits per heavy atom. The Morgan fingerprint density at radius 3 is 1.66 bits per heavy atom. The van der Waals surface area contributed by atoms with Gasteiger partial charge in [-0.2, -0.15) is 0 Å². The molecule has 2 aromatic carbocycles. The molecule has 17 heteroatoms. The quantitative estimate of drug-likeness (QED) is 0.160. The minimum Gasteiger partial charge on any atom is -0.744 e. The van der Waals surface area contributed by atoms with Gasteiger partial charge in [-0.1, -0.05) is 24.3 Å². The molecule has 0 aliphatic rings. The summed E-state index contributed by atoms with van der Waals surface area (Å²) in [6, 6.07) is 5.96. The second-order valence-corrected chi connectivity index (χ2v) is 11.1. The molecule has 0 atom stereocenters. The van der Waals surface area contributed by atoms with Gasteiger partial charge >= 0.3 is 65.1 Å². The van der Waals surface area contributed by atoms with Crippen LogP contribution in [0.5, 0.6) is 0 Å². The van der Waals surface area contributed by atoms with Crippen LogP contribution >= 0.6 is 0 Å². The van der Waals surface area contributed by atoms with Crippen molar-refractivity contribution >= 4 is 59.8 Å². The van der Waals surface area contributed by atoms with E-state index >= 15 is 0 Å². The first-order valence-electron chi connectivity index (χ1n) is 9.01. The van der Waals surface area contributed by atoms with Crippen LogP contribution in [0.15, 0.2) is 46.2 Å². The number of anilines is 2. The van der Waals surface area contributed by atoms with E-state index < -0.39 is 46.1 Å². The number of nitrogens with one attached hydrogen (secondary N) is 3. The second-order valence-electron chi connectivity index (χ2n) is 6.61. The zero-order chi connectivity index (χ0) is 25.0. The van der Waals surface area contributed by atoms with Crippen molar-refractivity contribution in [1.82, 2.24) is 5.32 Å². The van der Waals surface area contributed by atoms with Crippen LogP contribution in [0.2, 0.25) is 0 Å². The molecular weight excluding hydrogens is 544 g/mol. The maximum atomic E-state index is 11.7. The Bertz CT molecular complexity index is 1430. The number of urea groups is 1. The van der Waals surface area contributed by atoms with Crippen LogP contribution in [-0.4, -0.2) is 53.2 Å². The van der Waals surface area contributed by atoms with Crippen LogP contribution in [0.3, 0.4) is 0 Å². The molecule has 0 bridgehead atoms. The Labute approximate surface area is 248 Å². The number of benzene rings is 2. The van der Waals surface area contributed by atoms with E-state index in [2.05, 4.69) is 10.6 Å². The summed E-state index contributed by atoms with van der Waals surface area (Å²) in [4.78, 5) is 10.2. The second kappa shape index (κ2) is 13.5. The minimum absolute atomic E-state index is 0. The minimum atomic E-state index is -5.05. The summed E-state index contributed by atoms with van der Waals surface area (Å²) < 4.78 is 94.8. The van der Waals surface area contributed by atoms with Gasteiger partial charge in [0.15, 0.2) is 0 Å². The number of carbonyl (C=O) groups excluding carboxylic acids is 1. The predicted octanol–water partition coefficient (Wildman–Crippen LogP) is -4.81. The van der Waals surface area contributed by atoms with Gasteiger partial charge in [-0.3, -0.25) is 4.72 Å². The fraction of sp³-hybridized carbons (Fsp3) is 0.167. The summed E-state index contributed by atoms with van der Waals surface area (Å²) in [5, 5.41) is 4.79. The molecule has 2 aromatic rings. The fourth-order valence-electron chi connectivity index (χ4n) is 2.65. The molecule has 0 unspecified atom stereocenters. The summed E-state index contributed by atoms with van der Waals surface area (Å²) in [6.07, 6.45) is 3.01. The summed E-state index contributed by atoms with van der Waals surface area (Å²) in [6.45, 7) is 1.98. The maximum absolute atomic E-state index is 11.7. The topological polar surface area (TPSA) is 202 Å². The first-order valence-corrected chi connectivity index (χ1v) is 13.7. The van der Waals surface area contributed by atoms with Gasteiger partial charge < -0.3 is 19.7 Å². The normalized spacial score (nSPS) is 11.8. The van der Waals surface area contributed by atoms with E-state index in [0.29, 0.717) is 6.54 Å². The van der Waals surface area contributed by atoms with Crippen LogP contribution < -0.4 is 74.5 Å². The fourth-order valence-corrected chi connectivity index (χ4v) is 4.60. The molecule has 0 aromatic heterocycles. The largest absolute Gasteiger partial charge is 1.00 e. The number of hydrogen-bond acceptors (Lipinski definition) is 9. The van der Waals surface area contributed by atoms with Gasteiger partial charge in [-0.15, -0.1) is 0 Å². The number of hydrogen-bond donors (Lipinski definition) is 3. The van der Waals surface area contributed by atoms with Crippen molar-refractivity contribution in [2.45, 2.75) is 16.7 Å². The number of sulfonamides is 1. The van der Waals surface area contributed by atoms with Crippen LogP contribution in [-0.2, 0) is 30.3 Å². The monoisotopic (exact) mass is 563 g/mol. The molecule has 35 heavy (non-hydrogen) atoms. The molecule has 0 fully saturated rings. The Kier molecular flexibility index (Phi) is 13.2. The van der Waals surface area contributed by atoms with Gasteiger partial charge in [-0.25, -0.2) is 30.0 Å². The van der Waals surface area contributed by atoms with E-state index in [0.717, 1.165) is 36.6 Å². The van der Waals surface area contributed by atoms with Crippen molar-refractivity contribution in [2.24, 2.45) is 0 Å². The van der Waals surface area contributed by atoms with Crippen LogP contribution in [0.4, 0.5) is 16.2 Å². The third-order valence-corrected chi connectivity index (χ3v) is 6.30. The summed E-state index contributed by atoms with van der Waals surface area (Å²) in [7, 11) is -13.8. The number of carbonyl (C=O) groups is 1. The van der Waals surface area contributed by atoms with E-state index in [9.17, 15) is 39.2 Å². The molecule has 2 rings (SSSR count). The van der Waals surface area contributed by atoms with Gasteiger partial charge in [0.2, 0.25) is 10.0 Å². The summed E-state index contributed by atoms with van der Waals surface area (Å²) in [5.74, 6) is 0. The molecule has 0 saturated carbocycles. The van der Waals surface area contributed by atoms with Crippen molar-refractivity contribution in [1.29, 1.82) is 0 Å². The zero-order valence-corrected chi connectivity index (χ0v) is 25.7. The zero-order valence-electron chi connectivity index (χ0n) is 19.2. The van der Waals surface area contributed by atoms with Crippen LogP contribution in [0, 0.1) is 0 Å². The Hall–Kier alpha value is -0.980. The van der Waals surface area contributed by atoms with Gasteiger partial charge in [-0.05, 0) is 42.3 Å². The Morgan fingerprint density at radius 2 is 1.26 bits per heavy atom. The van der Waals surface area contributed by atoms with Crippen LogP contribution in [0.25, 0.3) is 12.2 Å². The molecule has 2 amide bonds. The molecule has 0 spiro atoms. The molecule has 0 radical (unpaired) electrons. The van der Waals surface area contributed by atoms with Crippen molar-refractivity contribution < 1.29 is 98.3 Å². The van der Waals surface area contributed by atoms with Crippen molar-refractivity contribution in [2.75, 3.05) is 22.8 Å². The van der Waals surface area contributed by atoms with E-state index in [4.69, 9.17) is 0 Å². The molecule has 3 N–H and O–H groups in total. The number of rotatable bonds is 8. The smallest absolute Gasteiger partial charge is 0.744 e. The van der Waals surface area contributed by atoms with E-state index in [-0.39, 0.29) is 81.6 Å². The molecule has 0 saturated heterocycles. The SMILES string of the molecule is CCNC(=O)Nc1ccc(C=Cc2ccc(NS(C)(=O)=O)cc2S(=O)(=O)[O-])c(S(=O)(=O)[O-])c1.[Na+].[Na+]. The average Bonchev–Trinajstić information content (AvgIpc) is 2.65. The van der Waals surface area contributed by atoms with Crippen molar-refractivity contribution in [3.63, 3.8) is 0 Å². The van der Waals surface area contributed by atoms with Crippen molar-refractivity contribution in [3.8, 4) is 0 Å². The van der Waals surface area contributed by atoms with Gasteiger partial charge in [0.1, 0.15) is 20.2 Å². The van der Waals surface area contributed by atoms with Crippen LogP contribution in [0.1, 0.15) is 18.1 Å². The first-order chi connectivity index (χ1) is 15.1. The standard InChI is InChI=1S/C18H21N3O9S3.2Na/c1-3-19-18(22)20-14-8-6-12(16(10-14)32(25,26)27)4-5-13-7-9-15(21-31(2,23)24)11-17(13)33(28,29)30;;/h4-11,21H,3H2,1-2H3,(H2,19,20,22)(H,25,26,27)(H,28,29,30);;/q;2*+1/p-2. The van der Waals surface area contributed by atoms with Gasteiger partial charge in [0, 0.05) is 17.9 Å². The molecule has 0 heterocycles. The molecule has 12 nitrogen and oxygen atoms in total. The summed E-state index contributed by atoms with van der Waals surface area (Å²) >= 11 is 0. The Balaban J connectivity index is 0.00000578. The molecule has 0 aliphatic carbocycles. The first kappa shape index (κ1) is 34.0. The molecule has 180 valence electrons. The predicted molar refractivity (Wildman–Crippen MR) is 119 cm³/mol. The summed E-state index contributed by atoms with van der Waals surface area (Å²) in [5.41, 5.74) is -0.471. The van der Waals surface area contributed by atoms with Gasteiger partial charge in [0.25, 0.3) is 0 Å².